The van der Waals surface area contributed by atoms with Gasteiger partial charge in [0.05, 0.1) is 16.2 Å². The molecule has 0 saturated heterocycles. The van der Waals surface area contributed by atoms with Crippen LogP contribution in [0.3, 0.4) is 0 Å². The quantitative estimate of drug-likeness (QED) is 0.848. The number of pyridine rings is 1. The molecule has 5 heteroatoms. The minimum atomic E-state index is -0.901. The number of aliphatic carboxylic acids is 1. The topological polar surface area (TPSA) is 54.6 Å². The van der Waals surface area contributed by atoms with Gasteiger partial charge in [-0.25, -0.2) is 4.98 Å². The van der Waals surface area contributed by atoms with E-state index in [9.17, 15) is 4.79 Å². The van der Waals surface area contributed by atoms with Crippen LogP contribution in [0.25, 0.3) is 5.52 Å². The summed E-state index contributed by atoms with van der Waals surface area (Å²) in [6.07, 6.45) is 1.57. The molecular weight excluding hydrogens is 216 g/mol. The highest BCUT2D eigenvalue weighted by Gasteiger charge is 2.10. The third-order valence-corrected chi connectivity index (χ3v) is 2.39. The van der Waals surface area contributed by atoms with Crippen molar-refractivity contribution < 1.29 is 9.90 Å². The molecule has 0 saturated carbocycles. The van der Waals surface area contributed by atoms with Crippen LogP contribution in [0, 0.1) is 6.92 Å². The van der Waals surface area contributed by atoms with E-state index in [0.29, 0.717) is 10.8 Å². The van der Waals surface area contributed by atoms with Gasteiger partial charge >= 0.3 is 5.97 Å². The average Bonchev–Trinajstić information content (AvgIpc) is 2.42. The van der Waals surface area contributed by atoms with Crippen LogP contribution in [0.2, 0.25) is 5.02 Å². The Morgan fingerprint density at radius 1 is 1.60 bits per heavy atom. The second-order valence-corrected chi connectivity index (χ2v) is 3.72. The average molecular weight is 225 g/mol. The minimum absolute atomic E-state index is 0.102. The molecule has 15 heavy (non-hydrogen) atoms. The second-order valence-electron chi connectivity index (χ2n) is 3.29. The van der Waals surface area contributed by atoms with Crippen LogP contribution in [0.1, 0.15) is 11.5 Å². The van der Waals surface area contributed by atoms with Crippen molar-refractivity contribution in [1.82, 2.24) is 9.38 Å². The Kier molecular flexibility index (Phi) is 2.36. The Morgan fingerprint density at radius 2 is 2.33 bits per heavy atom. The van der Waals surface area contributed by atoms with Crippen LogP contribution < -0.4 is 0 Å². The molecule has 0 unspecified atom stereocenters. The Labute approximate surface area is 91.1 Å². The second kappa shape index (κ2) is 3.55. The van der Waals surface area contributed by atoms with Crippen LogP contribution in [-0.4, -0.2) is 20.5 Å². The van der Waals surface area contributed by atoms with E-state index in [2.05, 4.69) is 4.98 Å². The summed E-state index contributed by atoms with van der Waals surface area (Å²) in [5, 5.41) is 9.28. The van der Waals surface area contributed by atoms with Crippen molar-refractivity contribution in [3.63, 3.8) is 0 Å². The predicted octanol–water partition coefficient (Wildman–Crippen LogP) is 1.92. The number of carbonyl (C=O) groups is 1. The Bertz CT molecular complexity index is 533. The van der Waals surface area contributed by atoms with Gasteiger partial charge in [0.2, 0.25) is 0 Å². The lowest BCUT2D eigenvalue weighted by Crippen LogP contribution is -2.04. The molecular formula is C10H9ClN2O2. The van der Waals surface area contributed by atoms with E-state index < -0.39 is 5.97 Å². The zero-order valence-corrected chi connectivity index (χ0v) is 8.82. The number of halogens is 1. The molecule has 2 heterocycles. The molecule has 4 nitrogen and oxygen atoms in total. The fourth-order valence-electron chi connectivity index (χ4n) is 1.55. The summed E-state index contributed by atoms with van der Waals surface area (Å²) in [6, 6.07) is 3.59. The SMILES string of the molecule is Cc1nc(CC(=O)O)n2cc(Cl)ccc12. The van der Waals surface area contributed by atoms with Crippen LogP contribution in [0.15, 0.2) is 18.3 Å². The minimum Gasteiger partial charge on any atom is -0.481 e. The summed E-state index contributed by atoms with van der Waals surface area (Å²) in [6.45, 7) is 1.84. The largest absolute Gasteiger partial charge is 0.481 e. The third-order valence-electron chi connectivity index (χ3n) is 2.17. The number of hydrogen-bond donors (Lipinski definition) is 1. The van der Waals surface area contributed by atoms with Crippen LogP contribution in [-0.2, 0) is 11.2 Å². The van der Waals surface area contributed by atoms with E-state index in [0.717, 1.165) is 11.2 Å². The Balaban J connectivity index is 2.64. The molecule has 0 bridgehead atoms. The molecule has 0 atom stereocenters. The fraction of sp³-hybridized carbons (Fsp3) is 0.200. The molecule has 0 aliphatic carbocycles. The molecule has 0 fully saturated rings. The number of carboxylic acid groups (broad SMARTS) is 1. The molecule has 0 aromatic carbocycles. The number of nitrogens with zero attached hydrogens (tertiary/aromatic N) is 2. The maximum atomic E-state index is 10.6. The summed E-state index contributed by atoms with van der Waals surface area (Å²) < 4.78 is 1.71. The molecule has 0 aliphatic heterocycles. The van der Waals surface area contributed by atoms with Gasteiger partial charge in [-0.3, -0.25) is 4.79 Å². The van der Waals surface area contributed by atoms with Gasteiger partial charge in [-0.15, -0.1) is 0 Å². The summed E-state index contributed by atoms with van der Waals surface area (Å²) in [5.74, 6) is -0.403. The van der Waals surface area contributed by atoms with E-state index in [4.69, 9.17) is 16.7 Å². The first kappa shape index (κ1) is 9.98. The zero-order valence-electron chi connectivity index (χ0n) is 8.07. The lowest BCUT2D eigenvalue weighted by atomic mass is 10.3. The molecule has 1 N–H and O–H groups in total. The summed E-state index contributed by atoms with van der Waals surface area (Å²) >= 11 is 5.84. The molecule has 78 valence electrons. The first-order valence-corrected chi connectivity index (χ1v) is 4.80. The van der Waals surface area contributed by atoms with Crippen LogP contribution in [0.5, 0.6) is 0 Å². The maximum absolute atomic E-state index is 10.6. The Morgan fingerprint density at radius 3 is 3.00 bits per heavy atom. The number of rotatable bonds is 2. The van der Waals surface area contributed by atoms with Gasteiger partial charge in [-0.1, -0.05) is 11.6 Å². The first-order valence-electron chi connectivity index (χ1n) is 4.43. The van der Waals surface area contributed by atoms with E-state index in [-0.39, 0.29) is 6.42 Å². The summed E-state index contributed by atoms with van der Waals surface area (Å²) in [4.78, 5) is 14.8. The predicted molar refractivity (Wildman–Crippen MR) is 56.3 cm³/mol. The van der Waals surface area contributed by atoms with Gasteiger partial charge in [-0.2, -0.15) is 0 Å². The highest BCUT2D eigenvalue weighted by atomic mass is 35.5. The van der Waals surface area contributed by atoms with Gasteiger partial charge in [0.1, 0.15) is 12.2 Å². The number of fused-ring (bicyclic) bond motifs is 1. The highest BCUT2D eigenvalue weighted by Crippen LogP contribution is 2.16. The van der Waals surface area contributed by atoms with Gasteiger partial charge in [0.25, 0.3) is 0 Å². The van der Waals surface area contributed by atoms with Crippen molar-refractivity contribution in [2.75, 3.05) is 0 Å². The highest BCUT2D eigenvalue weighted by molar-refractivity contribution is 6.30. The fourth-order valence-corrected chi connectivity index (χ4v) is 1.71. The van der Waals surface area contributed by atoms with E-state index in [1.165, 1.54) is 0 Å². The van der Waals surface area contributed by atoms with E-state index in [1.54, 1.807) is 16.7 Å². The lowest BCUT2D eigenvalue weighted by molar-refractivity contribution is -0.136. The van der Waals surface area contributed by atoms with E-state index in [1.807, 2.05) is 13.0 Å². The summed E-state index contributed by atoms with van der Waals surface area (Å²) in [5.41, 5.74) is 1.69. The monoisotopic (exact) mass is 224 g/mol. The number of imidazole rings is 1. The van der Waals surface area contributed by atoms with Crippen LogP contribution >= 0.6 is 11.6 Å². The van der Waals surface area contributed by atoms with Crippen molar-refractivity contribution in [3.8, 4) is 0 Å². The first-order chi connectivity index (χ1) is 7.08. The number of hydrogen-bond acceptors (Lipinski definition) is 2. The Hall–Kier alpha value is -1.55. The van der Waals surface area contributed by atoms with Gasteiger partial charge in [-0.05, 0) is 19.1 Å². The molecule has 2 aromatic heterocycles. The maximum Gasteiger partial charge on any atom is 0.311 e. The number of carboxylic acids is 1. The van der Waals surface area contributed by atoms with Crippen molar-refractivity contribution in [2.45, 2.75) is 13.3 Å². The molecule has 0 radical (unpaired) electrons. The lowest BCUT2D eigenvalue weighted by Gasteiger charge is -1.98. The van der Waals surface area contributed by atoms with Gasteiger partial charge in [0.15, 0.2) is 0 Å². The van der Waals surface area contributed by atoms with E-state index >= 15 is 0 Å². The smallest absolute Gasteiger partial charge is 0.311 e. The standard InChI is InChI=1S/C10H9ClN2O2/c1-6-8-3-2-7(11)5-13(8)9(12-6)4-10(14)15/h2-3,5H,4H2,1H3,(H,14,15). The molecule has 0 aliphatic rings. The summed E-state index contributed by atoms with van der Waals surface area (Å²) in [7, 11) is 0. The molecule has 2 rings (SSSR count). The van der Waals surface area contributed by atoms with Gasteiger partial charge in [0, 0.05) is 6.20 Å². The van der Waals surface area contributed by atoms with Crippen molar-refractivity contribution in [2.24, 2.45) is 0 Å². The normalized spacial score (nSPS) is 10.8. The van der Waals surface area contributed by atoms with Crippen molar-refractivity contribution in [1.29, 1.82) is 0 Å². The molecule has 0 amide bonds. The number of aromatic nitrogens is 2. The molecule has 2 aromatic rings. The zero-order chi connectivity index (χ0) is 11.0. The molecule has 0 spiro atoms. The van der Waals surface area contributed by atoms with Crippen molar-refractivity contribution in [3.05, 3.63) is 34.9 Å². The third kappa shape index (κ3) is 1.80. The van der Waals surface area contributed by atoms with Crippen LogP contribution in [0.4, 0.5) is 0 Å². The number of aryl methyl sites for hydroxylation is 1. The van der Waals surface area contributed by atoms with Gasteiger partial charge < -0.3 is 9.51 Å². The van der Waals surface area contributed by atoms with Crippen molar-refractivity contribution >= 4 is 23.1 Å².